The fourth-order valence-electron chi connectivity index (χ4n) is 2.32. The minimum Gasteiger partial charge on any atom is -0.478 e. The molecule has 2 rings (SSSR count). The summed E-state index contributed by atoms with van der Waals surface area (Å²) in [5.74, 6) is -4.52. The van der Waals surface area contributed by atoms with E-state index in [1.54, 1.807) is 0 Å². The van der Waals surface area contributed by atoms with Gasteiger partial charge in [-0.2, -0.15) is 0 Å². The second-order valence-electron chi connectivity index (χ2n) is 5.65. The van der Waals surface area contributed by atoms with E-state index in [9.17, 15) is 23.2 Å². The third-order valence-corrected chi connectivity index (χ3v) is 3.67. The molecule has 26 heavy (non-hydrogen) atoms. The SMILES string of the molecule is NC(=O)[C@@H](Cc1ccc(C(=O)O)cc1)NC(=O)Cc1ccc(F)c(F)c1. The minimum atomic E-state index is -1.08. The zero-order chi connectivity index (χ0) is 19.3. The Bertz CT molecular complexity index is 838. The number of primary amides is 1. The summed E-state index contributed by atoms with van der Waals surface area (Å²) in [6, 6.07) is 7.83. The molecule has 0 aliphatic heterocycles. The molecule has 1 atom stereocenters. The average molecular weight is 362 g/mol. The van der Waals surface area contributed by atoms with Crippen LogP contribution in [0.15, 0.2) is 42.5 Å². The molecule has 0 saturated carbocycles. The molecular weight excluding hydrogens is 346 g/mol. The maximum absolute atomic E-state index is 13.2. The molecule has 0 unspecified atom stereocenters. The lowest BCUT2D eigenvalue weighted by molar-refractivity contribution is -0.127. The number of halogens is 2. The Kier molecular flexibility index (Phi) is 6.00. The largest absolute Gasteiger partial charge is 0.478 e. The van der Waals surface area contributed by atoms with Gasteiger partial charge in [0.05, 0.1) is 12.0 Å². The molecule has 0 bridgehead atoms. The van der Waals surface area contributed by atoms with Gasteiger partial charge in [0.2, 0.25) is 11.8 Å². The zero-order valence-corrected chi connectivity index (χ0v) is 13.5. The van der Waals surface area contributed by atoms with Crippen LogP contribution in [0.3, 0.4) is 0 Å². The summed E-state index contributed by atoms with van der Waals surface area (Å²) in [7, 11) is 0. The zero-order valence-electron chi connectivity index (χ0n) is 13.5. The van der Waals surface area contributed by atoms with Gasteiger partial charge in [-0.25, -0.2) is 13.6 Å². The van der Waals surface area contributed by atoms with Gasteiger partial charge in [-0.15, -0.1) is 0 Å². The highest BCUT2D eigenvalue weighted by atomic mass is 19.2. The standard InChI is InChI=1S/C18H16F2N2O4/c19-13-6-3-11(7-14(13)20)9-16(23)22-15(17(21)24)8-10-1-4-12(5-2-10)18(25)26/h1-7,15H,8-9H2,(H2,21,24)(H,22,23)(H,25,26)/t15-/m1/s1. The Labute approximate surface area is 147 Å². The number of nitrogens with two attached hydrogens (primary N) is 1. The summed E-state index contributed by atoms with van der Waals surface area (Å²) in [4.78, 5) is 34.4. The van der Waals surface area contributed by atoms with Crippen LogP contribution in [0.4, 0.5) is 8.78 Å². The summed E-state index contributed by atoms with van der Waals surface area (Å²) in [6.07, 6.45) is -0.183. The van der Waals surface area contributed by atoms with E-state index in [-0.39, 0.29) is 24.0 Å². The summed E-state index contributed by atoms with van der Waals surface area (Å²) < 4.78 is 26.1. The Balaban J connectivity index is 2.02. The number of nitrogens with one attached hydrogen (secondary N) is 1. The molecule has 0 heterocycles. The van der Waals surface area contributed by atoms with Crippen molar-refractivity contribution in [1.29, 1.82) is 0 Å². The van der Waals surface area contributed by atoms with Crippen molar-refractivity contribution in [3.05, 3.63) is 70.8 Å². The first-order chi connectivity index (χ1) is 12.3. The van der Waals surface area contributed by atoms with Crippen molar-refractivity contribution in [1.82, 2.24) is 5.32 Å². The molecule has 0 aliphatic rings. The number of aromatic carboxylic acids is 1. The van der Waals surface area contributed by atoms with E-state index < -0.39 is 35.5 Å². The first kappa shape index (κ1) is 19.0. The van der Waals surface area contributed by atoms with Crippen molar-refractivity contribution < 1.29 is 28.3 Å². The highest BCUT2D eigenvalue weighted by molar-refractivity contribution is 5.88. The van der Waals surface area contributed by atoms with Crippen LogP contribution in [0.5, 0.6) is 0 Å². The van der Waals surface area contributed by atoms with Crippen LogP contribution in [0.2, 0.25) is 0 Å². The number of amides is 2. The van der Waals surface area contributed by atoms with E-state index in [4.69, 9.17) is 10.8 Å². The van der Waals surface area contributed by atoms with Crippen LogP contribution < -0.4 is 11.1 Å². The van der Waals surface area contributed by atoms with Crippen molar-refractivity contribution in [2.45, 2.75) is 18.9 Å². The monoisotopic (exact) mass is 362 g/mol. The summed E-state index contributed by atoms with van der Waals surface area (Å²) >= 11 is 0. The number of carboxylic acid groups (broad SMARTS) is 1. The Morgan fingerprint density at radius 3 is 2.15 bits per heavy atom. The third-order valence-electron chi connectivity index (χ3n) is 3.67. The predicted octanol–water partition coefficient (Wildman–Crippen LogP) is 1.42. The number of carbonyl (C=O) groups excluding carboxylic acids is 2. The molecule has 0 radical (unpaired) electrons. The van der Waals surface area contributed by atoms with E-state index in [2.05, 4.69) is 5.32 Å². The van der Waals surface area contributed by atoms with Gasteiger partial charge in [0.1, 0.15) is 6.04 Å². The van der Waals surface area contributed by atoms with E-state index in [1.807, 2.05) is 0 Å². The van der Waals surface area contributed by atoms with Gasteiger partial charge in [0.15, 0.2) is 11.6 Å². The highest BCUT2D eigenvalue weighted by Gasteiger charge is 2.19. The molecule has 0 saturated heterocycles. The molecule has 136 valence electrons. The lowest BCUT2D eigenvalue weighted by atomic mass is 10.0. The number of hydrogen-bond donors (Lipinski definition) is 3. The fourth-order valence-corrected chi connectivity index (χ4v) is 2.32. The maximum atomic E-state index is 13.2. The number of hydrogen-bond acceptors (Lipinski definition) is 3. The van der Waals surface area contributed by atoms with Crippen molar-refractivity contribution >= 4 is 17.8 Å². The van der Waals surface area contributed by atoms with Crippen molar-refractivity contribution in [3.63, 3.8) is 0 Å². The molecule has 2 amide bonds. The van der Waals surface area contributed by atoms with Gasteiger partial charge in [0.25, 0.3) is 0 Å². The lowest BCUT2D eigenvalue weighted by Gasteiger charge is -2.16. The van der Waals surface area contributed by atoms with Crippen LogP contribution in [0.25, 0.3) is 0 Å². The molecule has 2 aromatic carbocycles. The number of rotatable bonds is 7. The molecule has 4 N–H and O–H groups in total. The first-order valence-electron chi connectivity index (χ1n) is 7.61. The summed E-state index contributed by atoms with van der Waals surface area (Å²) in [5, 5.41) is 11.3. The molecule has 0 fully saturated rings. The van der Waals surface area contributed by atoms with Crippen molar-refractivity contribution in [3.8, 4) is 0 Å². The van der Waals surface area contributed by atoms with Crippen LogP contribution in [0, 0.1) is 11.6 Å². The van der Waals surface area contributed by atoms with Gasteiger partial charge in [-0.3, -0.25) is 9.59 Å². The van der Waals surface area contributed by atoms with Gasteiger partial charge in [0, 0.05) is 6.42 Å². The van der Waals surface area contributed by atoms with E-state index in [0.717, 1.165) is 12.1 Å². The number of carboxylic acids is 1. The van der Waals surface area contributed by atoms with Crippen LogP contribution in [0.1, 0.15) is 21.5 Å². The van der Waals surface area contributed by atoms with E-state index in [1.165, 1.54) is 30.3 Å². The van der Waals surface area contributed by atoms with Gasteiger partial charge < -0.3 is 16.2 Å². The molecule has 0 spiro atoms. The van der Waals surface area contributed by atoms with Crippen molar-refractivity contribution in [2.75, 3.05) is 0 Å². The topological polar surface area (TPSA) is 109 Å². The van der Waals surface area contributed by atoms with Crippen LogP contribution in [-0.2, 0) is 22.4 Å². The quantitative estimate of drug-likeness (QED) is 0.692. The summed E-state index contributed by atoms with van der Waals surface area (Å²) in [5.41, 5.74) is 6.23. The third kappa shape index (κ3) is 5.10. The second kappa shape index (κ2) is 8.19. The fraction of sp³-hybridized carbons (Fsp3) is 0.167. The van der Waals surface area contributed by atoms with Gasteiger partial charge in [-0.05, 0) is 35.4 Å². The van der Waals surface area contributed by atoms with Gasteiger partial charge >= 0.3 is 5.97 Å². The van der Waals surface area contributed by atoms with Crippen molar-refractivity contribution in [2.24, 2.45) is 5.73 Å². The molecule has 2 aromatic rings. The smallest absolute Gasteiger partial charge is 0.335 e. The Hall–Kier alpha value is -3.29. The molecule has 0 aromatic heterocycles. The Morgan fingerprint density at radius 2 is 1.62 bits per heavy atom. The van der Waals surface area contributed by atoms with Gasteiger partial charge in [-0.1, -0.05) is 18.2 Å². The molecule has 8 heteroatoms. The minimum absolute atomic E-state index is 0.0682. The second-order valence-corrected chi connectivity index (χ2v) is 5.65. The predicted molar refractivity (Wildman–Crippen MR) is 88.3 cm³/mol. The number of benzene rings is 2. The van der Waals surface area contributed by atoms with Crippen LogP contribution >= 0.6 is 0 Å². The van der Waals surface area contributed by atoms with E-state index in [0.29, 0.717) is 5.56 Å². The van der Waals surface area contributed by atoms with Crippen LogP contribution in [-0.4, -0.2) is 28.9 Å². The maximum Gasteiger partial charge on any atom is 0.335 e. The highest BCUT2D eigenvalue weighted by Crippen LogP contribution is 2.10. The Morgan fingerprint density at radius 1 is 1.00 bits per heavy atom. The van der Waals surface area contributed by atoms with E-state index >= 15 is 0 Å². The summed E-state index contributed by atoms with van der Waals surface area (Å²) in [6.45, 7) is 0. The average Bonchev–Trinajstić information content (AvgIpc) is 2.58. The number of carbonyl (C=O) groups is 3. The molecular formula is C18H16F2N2O4. The molecule has 0 aliphatic carbocycles. The normalized spacial score (nSPS) is 11.6. The lowest BCUT2D eigenvalue weighted by Crippen LogP contribution is -2.46. The molecule has 6 nitrogen and oxygen atoms in total. The first-order valence-corrected chi connectivity index (χ1v) is 7.61.